The predicted octanol–water partition coefficient (Wildman–Crippen LogP) is 3.19. The molecule has 0 saturated carbocycles. The van der Waals surface area contributed by atoms with Gasteiger partial charge in [0.15, 0.2) is 0 Å². The highest BCUT2D eigenvalue weighted by Gasteiger charge is 2.25. The molecule has 0 unspecified atom stereocenters. The second-order valence-corrected chi connectivity index (χ2v) is 2.80. The van der Waals surface area contributed by atoms with Crippen LogP contribution in [0.5, 0.6) is 0 Å². The third kappa shape index (κ3) is 4.11. The normalized spacial score (nSPS) is 11.4. The van der Waals surface area contributed by atoms with E-state index in [1.165, 1.54) is 18.2 Å². The second kappa shape index (κ2) is 4.30. The first-order chi connectivity index (χ1) is 6.47. The van der Waals surface area contributed by atoms with Crippen LogP contribution in [-0.4, -0.2) is 12.7 Å². The molecule has 0 amide bonds. The van der Waals surface area contributed by atoms with Crippen molar-refractivity contribution >= 4 is 5.69 Å². The minimum atomic E-state index is -4.18. The molecule has 0 aliphatic rings. The zero-order chi connectivity index (χ0) is 10.6. The fourth-order valence-corrected chi connectivity index (χ4v) is 0.947. The molecule has 1 rings (SSSR count). The van der Waals surface area contributed by atoms with Crippen LogP contribution in [0.4, 0.5) is 23.2 Å². The largest absolute Gasteiger partial charge is 0.390 e. The molecule has 0 saturated heterocycles. The third-order valence-electron chi connectivity index (χ3n) is 1.56. The molecule has 0 fully saturated rings. The third-order valence-corrected chi connectivity index (χ3v) is 1.56. The van der Waals surface area contributed by atoms with Gasteiger partial charge in [-0.25, -0.2) is 4.39 Å². The summed E-state index contributed by atoms with van der Waals surface area (Å²) in [4.78, 5) is 0. The van der Waals surface area contributed by atoms with Crippen molar-refractivity contribution in [2.75, 3.05) is 11.9 Å². The number of nitrogens with one attached hydrogen (secondary N) is 1. The number of halogens is 4. The van der Waals surface area contributed by atoms with Crippen LogP contribution in [0.2, 0.25) is 0 Å². The number of hydrogen-bond acceptors (Lipinski definition) is 1. The van der Waals surface area contributed by atoms with Crippen LogP contribution in [0.3, 0.4) is 0 Å². The first-order valence-corrected chi connectivity index (χ1v) is 4.03. The van der Waals surface area contributed by atoms with Crippen molar-refractivity contribution in [3.05, 3.63) is 30.1 Å². The summed E-state index contributed by atoms with van der Waals surface area (Å²) in [5, 5.41) is 2.48. The van der Waals surface area contributed by atoms with Gasteiger partial charge in [0.25, 0.3) is 0 Å². The number of anilines is 1. The highest BCUT2D eigenvalue weighted by atomic mass is 19.4. The van der Waals surface area contributed by atoms with Gasteiger partial charge in [-0.1, -0.05) is 6.07 Å². The van der Waals surface area contributed by atoms with Gasteiger partial charge in [-0.3, -0.25) is 0 Å². The molecule has 14 heavy (non-hydrogen) atoms. The number of rotatable bonds is 3. The molecule has 0 aliphatic carbocycles. The molecule has 1 aromatic rings. The first kappa shape index (κ1) is 10.8. The molecule has 78 valence electrons. The van der Waals surface area contributed by atoms with E-state index in [2.05, 4.69) is 5.32 Å². The van der Waals surface area contributed by atoms with Gasteiger partial charge in [-0.15, -0.1) is 0 Å². The zero-order valence-corrected chi connectivity index (χ0v) is 7.24. The van der Waals surface area contributed by atoms with Crippen LogP contribution >= 0.6 is 0 Å². The molecule has 5 heteroatoms. The molecule has 1 N–H and O–H groups in total. The monoisotopic (exact) mass is 207 g/mol. The van der Waals surface area contributed by atoms with E-state index in [1.807, 2.05) is 0 Å². The fourth-order valence-electron chi connectivity index (χ4n) is 0.947. The van der Waals surface area contributed by atoms with E-state index >= 15 is 0 Å². The molecule has 0 atom stereocenters. The highest BCUT2D eigenvalue weighted by Crippen LogP contribution is 2.19. The molecule has 1 nitrogen and oxygen atoms in total. The second-order valence-electron chi connectivity index (χ2n) is 2.80. The van der Waals surface area contributed by atoms with E-state index < -0.39 is 18.4 Å². The summed E-state index contributed by atoms with van der Waals surface area (Å²) >= 11 is 0. The fraction of sp³-hybridized carbons (Fsp3) is 0.333. The van der Waals surface area contributed by atoms with Crippen molar-refractivity contribution in [3.63, 3.8) is 0 Å². The van der Waals surface area contributed by atoms with E-state index in [4.69, 9.17) is 0 Å². The Morgan fingerprint density at radius 1 is 1.21 bits per heavy atom. The maximum Gasteiger partial charge on any atom is 0.390 e. The average molecular weight is 207 g/mol. The van der Waals surface area contributed by atoms with Crippen molar-refractivity contribution in [1.82, 2.24) is 0 Å². The summed E-state index contributed by atoms with van der Waals surface area (Å²) in [6, 6.07) is 5.33. The Morgan fingerprint density at radius 2 is 1.93 bits per heavy atom. The minimum absolute atomic E-state index is 0.243. The lowest BCUT2D eigenvalue weighted by atomic mass is 10.3. The number of benzene rings is 1. The molecule has 0 aromatic heterocycles. The standard InChI is InChI=1S/C9H9F4N/c10-7-2-1-3-8(6-7)14-5-4-9(11,12)13/h1-3,6,14H,4-5H2. The zero-order valence-electron chi connectivity index (χ0n) is 7.24. The van der Waals surface area contributed by atoms with Gasteiger partial charge in [-0.05, 0) is 18.2 Å². The summed E-state index contributed by atoms with van der Waals surface area (Å²) in [7, 11) is 0. The maximum absolute atomic E-state index is 12.6. The molecule has 1 aromatic carbocycles. The van der Waals surface area contributed by atoms with Gasteiger partial charge in [-0.2, -0.15) is 13.2 Å². The Labute approximate surface area is 78.7 Å². The summed E-state index contributed by atoms with van der Waals surface area (Å²) in [6.45, 7) is -0.243. The first-order valence-electron chi connectivity index (χ1n) is 4.03. The Hall–Kier alpha value is -1.26. The summed E-state index contributed by atoms with van der Waals surface area (Å²) < 4.78 is 47.7. The topological polar surface area (TPSA) is 12.0 Å². The van der Waals surface area contributed by atoms with Gasteiger partial charge >= 0.3 is 6.18 Å². The van der Waals surface area contributed by atoms with Gasteiger partial charge in [0.1, 0.15) is 5.82 Å². The highest BCUT2D eigenvalue weighted by molar-refractivity contribution is 5.42. The van der Waals surface area contributed by atoms with Crippen LogP contribution in [0.25, 0.3) is 0 Å². The molecule has 0 aliphatic heterocycles. The molecular formula is C9H9F4N. The van der Waals surface area contributed by atoms with Gasteiger partial charge in [0.2, 0.25) is 0 Å². The average Bonchev–Trinajstić information content (AvgIpc) is 2.01. The van der Waals surface area contributed by atoms with Crippen LogP contribution < -0.4 is 5.32 Å². The maximum atomic E-state index is 12.6. The Morgan fingerprint density at radius 3 is 2.50 bits per heavy atom. The van der Waals surface area contributed by atoms with Crippen molar-refractivity contribution in [1.29, 1.82) is 0 Å². The Bertz CT molecular complexity index is 295. The van der Waals surface area contributed by atoms with Crippen LogP contribution in [0, 0.1) is 5.82 Å². The molecule has 0 heterocycles. The van der Waals surface area contributed by atoms with E-state index in [1.54, 1.807) is 0 Å². The van der Waals surface area contributed by atoms with Crippen LogP contribution in [0.1, 0.15) is 6.42 Å². The van der Waals surface area contributed by atoms with E-state index in [0.29, 0.717) is 5.69 Å². The van der Waals surface area contributed by atoms with E-state index in [0.717, 1.165) is 6.07 Å². The minimum Gasteiger partial charge on any atom is -0.385 e. The summed E-state index contributed by atoms with van der Waals surface area (Å²) in [6.07, 6.45) is -5.11. The van der Waals surface area contributed by atoms with Crippen molar-refractivity contribution in [2.24, 2.45) is 0 Å². The quantitative estimate of drug-likeness (QED) is 0.750. The number of alkyl halides is 3. The molecule has 0 bridgehead atoms. The van der Waals surface area contributed by atoms with Gasteiger partial charge in [0.05, 0.1) is 6.42 Å². The lowest BCUT2D eigenvalue weighted by molar-refractivity contribution is -0.131. The summed E-state index contributed by atoms with van der Waals surface area (Å²) in [5.41, 5.74) is 0.356. The smallest absolute Gasteiger partial charge is 0.385 e. The van der Waals surface area contributed by atoms with Crippen LogP contribution in [-0.2, 0) is 0 Å². The van der Waals surface area contributed by atoms with Crippen molar-refractivity contribution in [3.8, 4) is 0 Å². The van der Waals surface area contributed by atoms with Gasteiger partial charge in [0, 0.05) is 12.2 Å². The number of hydrogen-bond donors (Lipinski definition) is 1. The summed E-state index contributed by atoms with van der Waals surface area (Å²) in [5.74, 6) is -0.470. The Balaban J connectivity index is 2.39. The van der Waals surface area contributed by atoms with Crippen molar-refractivity contribution in [2.45, 2.75) is 12.6 Å². The molecule has 0 radical (unpaired) electrons. The molecule has 0 spiro atoms. The molecular weight excluding hydrogens is 198 g/mol. The predicted molar refractivity (Wildman–Crippen MR) is 45.6 cm³/mol. The van der Waals surface area contributed by atoms with E-state index in [-0.39, 0.29) is 6.54 Å². The van der Waals surface area contributed by atoms with Gasteiger partial charge < -0.3 is 5.32 Å². The lowest BCUT2D eigenvalue weighted by Crippen LogP contribution is -2.14. The Kier molecular flexibility index (Phi) is 3.33. The SMILES string of the molecule is Fc1cccc(NCCC(F)(F)F)c1. The van der Waals surface area contributed by atoms with Crippen molar-refractivity contribution < 1.29 is 17.6 Å². The lowest BCUT2D eigenvalue weighted by Gasteiger charge is -2.08. The van der Waals surface area contributed by atoms with E-state index in [9.17, 15) is 17.6 Å². The van der Waals surface area contributed by atoms with Crippen LogP contribution in [0.15, 0.2) is 24.3 Å².